The van der Waals surface area contributed by atoms with E-state index in [-0.39, 0.29) is 17.3 Å². The van der Waals surface area contributed by atoms with Crippen LogP contribution in [0.3, 0.4) is 0 Å². The van der Waals surface area contributed by atoms with E-state index in [0.29, 0.717) is 11.4 Å². The number of hydrogen-bond donors (Lipinski definition) is 2. The summed E-state index contributed by atoms with van der Waals surface area (Å²) in [4.78, 5) is 7.79. The molecule has 0 saturated heterocycles. The van der Waals surface area contributed by atoms with Crippen LogP contribution in [0.5, 0.6) is 5.75 Å². The van der Waals surface area contributed by atoms with Crippen molar-refractivity contribution in [3.63, 3.8) is 0 Å². The number of phenols is 1. The highest BCUT2D eigenvalue weighted by Gasteiger charge is 2.10. The van der Waals surface area contributed by atoms with Crippen LogP contribution in [-0.4, -0.2) is 15.1 Å². The summed E-state index contributed by atoms with van der Waals surface area (Å²) in [6, 6.07) is 6.39. The molecule has 1 aromatic heterocycles. The van der Waals surface area contributed by atoms with Crippen molar-refractivity contribution in [1.29, 1.82) is 0 Å². The van der Waals surface area contributed by atoms with Crippen molar-refractivity contribution in [2.45, 2.75) is 6.92 Å². The highest BCUT2D eigenvalue weighted by molar-refractivity contribution is 5.59. The summed E-state index contributed by atoms with van der Waals surface area (Å²) >= 11 is 0. The molecule has 0 fully saturated rings. The Labute approximate surface area is 91.6 Å². The lowest BCUT2D eigenvalue weighted by atomic mass is 10.2. The summed E-state index contributed by atoms with van der Waals surface area (Å²) in [5.41, 5.74) is 6.19. The Balaban J connectivity index is 2.57. The van der Waals surface area contributed by atoms with Gasteiger partial charge in [0.25, 0.3) is 0 Å². The molecule has 2 aromatic rings. The SMILES string of the molecule is Cc1nc(-c2cccc(O)c2)nc(N)c1F. The first-order valence-electron chi connectivity index (χ1n) is 4.67. The van der Waals surface area contributed by atoms with Gasteiger partial charge in [0, 0.05) is 5.56 Å². The fourth-order valence-electron chi connectivity index (χ4n) is 1.36. The fourth-order valence-corrected chi connectivity index (χ4v) is 1.36. The summed E-state index contributed by atoms with van der Waals surface area (Å²) in [6.45, 7) is 1.51. The predicted octanol–water partition coefficient (Wildman–Crippen LogP) is 1.88. The molecular weight excluding hydrogens is 209 g/mol. The van der Waals surface area contributed by atoms with Crippen molar-refractivity contribution >= 4 is 5.82 Å². The van der Waals surface area contributed by atoms with Crippen LogP contribution in [0, 0.1) is 12.7 Å². The zero-order valence-electron chi connectivity index (χ0n) is 8.61. The Bertz CT molecular complexity index is 519. The second-order valence-electron chi connectivity index (χ2n) is 3.38. The van der Waals surface area contributed by atoms with E-state index in [1.54, 1.807) is 12.1 Å². The molecule has 0 atom stereocenters. The highest BCUT2D eigenvalue weighted by atomic mass is 19.1. The van der Waals surface area contributed by atoms with Crippen molar-refractivity contribution in [3.05, 3.63) is 35.8 Å². The summed E-state index contributed by atoms with van der Waals surface area (Å²) in [5.74, 6) is -0.399. The number of benzene rings is 1. The van der Waals surface area contributed by atoms with Gasteiger partial charge in [-0.1, -0.05) is 12.1 Å². The van der Waals surface area contributed by atoms with E-state index < -0.39 is 5.82 Å². The number of aromatic hydroxyl groups is 1. The topological polar surface area (TPSA) is 72.0 Å². The van der Waals surface area contributed by atoms with Crippen molar-refractivity contribution in [1.82, 2.24) is 9.97 Å². The number of halogens is 1. The second-order valence-corrected chi connectivity index (χ2v) is 3.38. The van der Waals surface area contributed by atoms with Crippen LogP contribution in [0.4, 0.5) is 10.2 Å². The van der Waals surface area contributed by atoms with E-state index in [0.717, 1.165) is 0 Å². The number of nitrogens with zero attached hydrogens (tertiary/aromatic N) is 2. The number of nitrogens with two attached hydrogens (primary N) is 1. The number of rotatable bonds is 1. The zero-order chi connectivity index (χ0) is 11.7. The first-order valence-corrected chi connectivity index (χ1v) is 4.67. The first-order chi connectivity index (χ1) is 7.58. The van der Waals surface area contributed by atoms with Gasteiger partial charge in [0.1, 0.15) is 5.75 Å². The lowest BCUT2D eigenvalue weighted by molar-refractivity contribution is 0.475. The van der Waals surface area contributed by atoms with Crippen LogP contribution in [-0.2, 0) is 0 Å². The maximum absolute atomic E-state index is 13.2. The molecule has 5 heteroatoms. The summed E-state index contributed by atoms with van der Waals surface area (Å²) < 4.78 is 13.2. The second kappa shape index (κ2) is 3.77. The number of nitrogen functional groups attached to an aromatic ring is 1. The maximum Gasteiger partial charge on any atom is 0.186 e. The molecule has 0 bridgehead atoms. The average Bonchev–Trinajstić information content (AvgIpc) is 2.25. The minimum Gasteiger partial charge on any atom is -0.508 e. The normalized spacial score (nSPS) is 10.4. The fraction of sp³-hybridized carbons (Fsp3) is 0.0909. The van der Waals surface area contributed by atoms with Gasteiger partial charge in [0.2, 0.25) is 0 Å². The molecule has 0 aliphatic carbocycles. The minimum absolute atomic E-state index is 0.0987. The molecule has 0 aliphatic rings. The third kappa shape index (κ3) is 1.79. The Morgan fingerprint density at radius 1 is 1.31 bits per heavy atom. The molecule has 0 saturated carbocycles. The number of hydrogen-bond acceptors (Lipinski definition) is 4. The van der Waals surface area contributed by atoms with Crippen LogP contribution >= 0.6 is 0 Å². The summed E-state index contributed by atoms with van der Waals surface area (Å²) in [6.07, 6.45) is 0. The Morgan fingerprint density at radius 2 is 2.06 bits per heavy atom. The number of aromatic nitrogens is 2. The lowest BCUT2D eigenvalue weighted by Crippen LogP contribution is -2.02. The molecule has 0 aliphatic heterocycles. The molecule has 0 unspecified atom stereocenters. The van der Waals surface area contributed by atoms with Crippen LogP contribution < -0.4 is 5.73 Å². The number of aryl methyl sites for hydroxylation is 1. The third-order valence-corrected chi connectivity index (χ3v) is 2.15. The van der Waals surface area contributed by atoms with Gasteiger partial charge in [-0.25, -0.2) is 14.4 Å². The summed E-state index contributed by atoms with van der Waals surface area (Å²) in [5, 5.41) is 9.31. The van der Waals surface area contributed by atoms with Gasteiger partial charge in [-0.05, 0) is 19.1 Å². The summed E-state index contributed by atoms with van der Waals surface area (Å²) in [7, 11) is 0. The molecule has 1 heterocycles. The molecule has 2 rings (SSSR count). The van der Waals surface area contributed by atoms with Crippen LogP contribution in [0.15, 0.2) is 24.3 Å². The lowest BCUT2D eigenvalue weighted by Gasteiger charge is -2.04. The maximum atomic E-state index is 13.2. The highest BCUT2D eigenvalue weighted by Crippen LogP contribution is 2.22. The average molecular weight is 219 g/mol. The number of phenolic OH excluding ortho intramolecular Hbond substituents is 1. The van der Waals surface area contributed by atoms with Gasteiger partial charge >= 0.3 is 0 Å². The van der Waals surface area contributed by atoms with Crippen LogP contribution in [0.2, 0.25) is 0 Å². The zero-order valence-corrected chi connectivity index (χ0v) is 8.61. The van der Waals surface area contributed by atoms with Crippen LogP contribution in [0.1, 0.15) is 5.69 Å². The first kappa shape index (κ1) is 10.4. The van der Waals surface area contributed by atoms with E-state index in [1.807, 2.05) is 0 Å². The third-order valence-electron chi connectivity index (χ3n) is 2.15. The molecule has 1 aromatic carbocycles. The molecule has 3 N–H and O–H groups in total. The smallest absolute Gasteiger partial charge is 0.186 e. The van der Waals surface area contributed by atoms with Gasteiger partial charge in [-0.15, -0.1) is 0 Å². The van der Waals surface area contributed by atoms with Gasteiger partial charge in [-0.3, -0.25) is 0 Å². The Hall–Kier alpha value is -2.17. The van der Waals surface area contributed by atoms with Crippen molar-refractivity contribution in [2.75, 3.05) is 5.73 Å². The quantitative estimate of drug-likeness (QED) is 0.768. The van der Waals surface area contributed by atoms with Gasteiger partial charge in [0.15, 0.2) is 17.5 Å². The van der Waals surface area contributed by atoms with Gasteiger partial charge in [-0.2, -0.15) is 0 Å². The van der Waals surface area contributed by atoms with Crippen molar-refractivity contribution in [3.8, 4) is 17.1 Å². The van der Waals surface area contributed by atoms with E-state index in [1.165, 1.54) is 19.1 Å². The van der Waals surface area contributed by atoms with E-state index in [9.17, 15) is 9.50 Å². The molecule has 4 nitrogen and oxygen atoms in total. The Kier molecular flexibility index (Phi) is 2.44. The molecule has 0 spiro atoms. The molecule has 0 amide bonds. The standard InChI is InChI=1S/C11H10FN3O/c1-6-9(12)10(13)15-11(14-6)7-3-2-4-8(16)5-7/h2-5,16H,1H3,(H2,13,14,15). The monoisotopic (exact) mass is 219 g/mol. The van der Waals surface area contributed by atoms with E-state index >= 15 is 0 Å². The molecule has 16 heavy (non-hydrogen) atoms. The molecule has 82 valence electrons. The van der Waals surface area contributed by atoms with Gasteiger partial charge < -0.3 is 10.8 Å². The van der Waals surface area contributed by atoms with Gasteiger partial charge in [0.05, 0.1) is 5.69 Å². The molecular formula is C11H10FN3O. The minimum atomic E-state index is -0.607. The number of anilines is 1. The predicted molar refractivity (Wildman–Crippen MR) is 58.2 cm³/mol. The molecule has 0 radical (unpaired) electrons. The van der Waals surface area contributed by atoms with E-state index in [4.69, 9.17) is 5.73 Å². The van der Waals surface area contributed by atoms with Crippen LogP contribution in [0.25, 0.3) is 11.4 Å². The van der Waals surface area contributed by atoms with Crippen molar-refractivity contribution < 1.29 is 9.50 Å². The van der Waals surface area contributed by atoms with Crippen molar-refractivity contribution in [2.24, 2.45) is 0 Å². The Morgan fingerprint density at radius 3 is 2.69 bits per heavy atom. The van der Waals surface area contributed by atoms with E-state index in [2.05, 4.69) is 9.97 Å². The largest absolute Gasteiger partial charge is 0.508 e.